The average Bonchev–Trinajstić information content (AvgIpc) is 2.83. The molecule has 4 unspecified atom stereocenters. The monoisotopic (exact) mass is 314 g/mol. The van der Waals surface area contributed by atoms with Crippen LogP contribution in [0.4, 0.5) is 0 Å². The van der Waals surface area contributed by atoms with Crippen molar-refractivity contribution in [2.45, 2.75) is 57.0 Å². The summed E-state index contributed by atoms with van der Waals surface area (Å²) in [6.45, 7) is 0.504. The van der Waals surface area contributed by atoms with Crippen molar-refractivity contribution in [3.63, 3.8) is 0 Å². The van der Waals surface area contributed by atoms with E-state index in [1.165, 1.54) is 25.7 Å². The lowest BCUT2D eigenvalue weighted by Crippen LogP contribution is -2.55. The summed E-state index contributed by atoms with van der Waals surface area (Å²) in [5, 5.41) is 6.48. The first kappa shape index (κ1) is 15.3. The molecule has 1 saturated carbocycles. The van der Waals surface area contributed by atoms with Gasteiger partial charge >= 0.3 is 0 Å². The summed E-state index contributed by atoms with van der Waals surface area (Å²) in [6, 6.07) is 0.428. The van der Waals surface area contributed by atoms with Crippen LogP contribution in [-0.2, 0) is 14.6 Å². The van der Waals surface area contributed by atoms with E-state index in [1.807, 2.05) is 0 Å². The smallest absolute Gasteiger partial charge is 0.237 e. The number of carbonyl (C=O) groups is 1. The van der Waals surface area contributed by atoms with Gasteiger partial charge in [0.25, 0.3) is 0 Å². The van der Waals surface area contributed by atoms with Crippen molar-refractivity contribution >= 4 is 15.7 Å². The standard InChI is InChI=1S/C15H26N2O3S/c18-15(16-9-11-7-8-21(19,20)10-11)14-6-5-12-3-1-2-4-13(12)17-14/h11-14,17H,1-10H2,(H,16,18). The number of fused-ring (bicyclic) bond motifs is 1. The average molecular weight is 314 g/mol. The van der Waals surface area contributed by atoms with Gasteiger partial charge in [-0.25, -0.2) is 8.42 Å². The van der Waals surface area contributed by atoms with E-state index in [4.69, 9.17) is 0 Å². The minimum atomic E-state index is -2.85. The molecule has 0 spiro atoms. The molecule has 2 aliphatic heterocycles. The van der Waals surface area contributed by atoms with Gasteiger partial charge in [0.05, 0.1) is 17.5 Å². The van der Waals surface area contributed by atoms with Crippen molar-refractivity contribution in [1.29, 1.82) is 0 Å². The zero-order chi connectivity index (χ0) is 14.9. The Kier molecular flexibility index (Phi) is 4.54. The second-order valence-corrected chi connectivity index (χ2v) is 9.19. The molecule has 21 heavy (non-hydrogen) atoms. The molecule has 0 radical (unpaired) electrons. The maximum atomic E-state index is 12.3. The predicted molar refractivity (Wildman–Crippen MR) is 81.7 cm³/mol. The number of nitrogens with one attached hydrogen (secondary N) is 2. The van der Waals surface area contributed by atoms with E-state index < -0.39 is 9.84 Å². The summed E-state index contributed by atoms with van der Waals surface area (Å²) in [5.74, 6) is 1.42. The highest BCUT2D eigenvalue weighted by atomic mass is 32.2. The summed E-state index contributed by atoms with van der Waals surface area (Å²) in [5.41, 5.74) is 0. The summed E-state index contributed by atoms with van der Waals surface area (Å²) in [6.07, 6.45) is 7.83. The second kappa shape index (κ2) is 6.24. The first-order valence-corrected chi connectivity index (χ1v) is 10.1. The van der Waals surface area contributed by atoms with E-state index in [0.29, 0.717) is 19.0 Å². The third-order valence-corrected chi connectivity index (χ3v) is 7.20. The molecule has 4 atom stereocenters. The molecule has 2 N–H and O–H groups in total. The lowest BCUT2D eigenvalue weighted by molar-refractivity contribution is -0.124. The van der Waals surface area contributed by atoms with Crippen LogP contribution in [0.2, 0.25) is 0 Å². The Hall–Kier alpha value is -0.620. The fourth-order valence-electron chi connectivity index (χ4n) is 4.10. The van der Waals surface area contributed by atoms with Gasteiger partial charge in [-0.3, -0.25) is 4.79 Å². The Labute approximate surface area is 127 Å². The van der Waals surface area contributed by atoms with E-state index >= 15 is 0 Å². The van der Waals surface area contributed by atoms with Crippen LogP contribution in [0.5, 0.6) is 0 Å². The van der Waals surface area contributed by atoms with Crippen LogP contribution < -0.4 is 10.6 Å². The van der Waals surface area contributed by atoms with Crippen LogP contribution in [0.15, 0.2) is 0 Å². The zero-order valence-electron chi connectivity index (χ0n) is 12.5. The van der Waals surface area contributed by atoms with Crippen LogP contribution in [0, 0.1) is 11.8 Å². The van der Waals surface area contributed by atoms with E-state index in [0.717, 1.165) is 18.8 Å². The number of amides is 1. The van der Waals surface area contributed by atoms with Crippen molar-refractivity contribution in [3.8, 4) is 0 Å². The first-order valence-electron chi connectivity index (χ1n) is 8.28. The topological polar surface area (TPSA) is 75.3 Å². The predicted octanol–water partition coefficient (Wildman–Crippen LogP) is 0.848. The number of piperidine rings is 1. The minimum absolute atomic E-state index is 0.0586. The maximum absolute atomic E-state index is 12.3. The molecule has 120 valence electrons. The van der Waals surface area contributed by atoms with Crippen LogP contribution in [0.3, 0.4) is 0 Å². The fourth-order valence-corrected chi connectivity index (χ4v) is 5.96. The second-order valence-electron chi connectivity index (χ2n) is 6.96. The van der Waals surface area contributed by atoms with Crippen molar-refractivity contribution in [3.05, 3.63) is 0 Å². The quantitative estimate of drug-likeness (QED) is 0.810. The number of carbonyl (C=O) groups excluding carboxylic acids is 1. The van der Waals surface area contributed by atoms with Crippen LogP contribution in [0.25, 0.3) is 0 Å². The SMILES string of the molecule is O=C(NCC1CCS(=O)(=O)C1)C1CCC2CCCCC2N1. The molecule has 1 aliphatic carbocycles. The van der Waals surface area contributed by atoms with Crippen LogP contribution in [0.1, 0.15) is 44.9 Å². The van der Waals surface area contributed by atoms with Gasteiger partial charge in [0.15, 0.2) is 9.84 Å². The van der Waals surface area contributed by atoms with E-state index in [1.54, 1.807) is 0 Å². The third kappa shape index (κ3) is 3.77. The highest BCUT2D eigenvalue weighted by Crippen LogP contribution is 2.32. The van der Waals surface area contributed by atoms with Crippen molar-refractivity contribution in [2.24, 2.45) is 11.8 Å². The van der Waals surface area contributed by atoms with Gasteiger partial charge in [0, 0.05) is 12.6 Å². The minimum Gasteiger partial charge on any atom is -0.354 e. The maximum Gasteiger partial charge on any atom is 0.237 e. The summed E-state index contributed by atoms with van der Waals surface area (Å²) < 4.78 is 22.8. The number of hydrogen-bond acceptors (Lipinski definition) is 4. The van der Waals surface area contributed by atoms with Crippen molar-refractivity contribution in [1.82, 2.24) is 10.6 Å². The molecule has 1 amide bonds. The molecule has 3 aliphatic rings. The van der Waals surface area contributed by atoms with Gasteiger partial charge in [-0.1, -0.05) is 12.8 Å². The van der Waals surface area contributed by atoms with Crippen molar-refractivity contribution < 1.29 is 13.2 Å². The van der Waals surface area contributed by atoms with Crippen LogP contribution >= 0.6 is 0 Å². The Balaban J connectivity index is 1.45. The molecule has 3 fully saturated rings. The molecule has 0 aromatic rings. The molecule has 2 heterocycles. The molecule has 6 heteroatoms. The van der Waals surface area contributed by atoms with Gasteiger partial charge in [0.1, 0.15) is 0 Å². The number of hydrogen-bond donors (Lipinski definition) is 2. The Bertz CT molecular complexity index is 491. The largest absolute Gasteiger partial charge is 0.354 e. The van der Waals surface area contributed by atoms with Crippen molar-refractivity contribution in [2.75, 3.05) is 18.1 Å². The third-order valence-electron chi connectivity index (χ3n) is 5.36. The molecule has 0 bridgehead atoms. The molecular formula is C15H26N2O3S. The molecule has 2 saturated heterocycles. The van der Waals surface area contributed by atoms with Gasteiger partial charge in [-0.15, -0.1) is 0 Å². The van der Waals surface area contributed by atoms with Gasteiger partial charge in [-0.2, -0.15) is 0 Å². The zero-order valence-corrected chi connectivity index (χ0v) is 13.3. The lowest BCUT2D eigenvalue weighted by atomic mass is 9.77. The van der Waals surface area contributed by atoms with Gasteiger partial charge in [-0.05, 0) is 43.9 Å². The highest BCUT2D eigenvalue weighted by molar-refractivity contribution is 7.91. The molecule has 3 rings (SSSR count). The number of rotatable bonds is 3. The number of sulfone groups is 1. The molecule has 0 aromatic carbocycles. The molecule has 5 nitrogen and oxygen atoms in total. The lowest BCUT2D eigenvalue weighted by Gasteiger charge is -2.40. The summed E-state index contributed by atoms with van der Waals surface area (Å²) in [4.78, 5) is 12.3. The summed E-state index contributed by atoms with van der Waals surface area (Å²) in [7, 11) is -2.85. The van der Waals surface area contributed by atoms with E-state index in [-0.39, 0.29) is 29.4 Å². The summed E-state index contributed by atoms with van der Waals surface area (Å²) >= 11 is 0. The highest BCUT2D eigenvalue weighted by Gasteiger charge is 2.35. The Morgan fingerprint density at radius 3 is 2.67 bits per heavy atom. The van der Waals surface area contributed by atoms with Gasteiger partial charge < -0.3 is 10.6 Å². The fraction of sp³-hybridized carbons (Fsp3) is 0.933. The van der Waals surface area contributed by atoms with Gasteiger partial charge in [0.2, 0.25) is 5.91 Å². The molecular weight excluding hydrogens is 288 g/mol. The Morgan fingerprint density at radius 1 is 1.10 bits per heavy atom. The molecule has 0 aromatic heterocycles. The van der Waals surface area contributed by atoms with E-state index in [2.05, 4.69) is 10.6 Å². The van der Waals surface area contributed by atoms with Crippen LogP contribution in [-0.4, -0.2) is 44.5 Å². The van der Waals surface area contributed by atoms with E-state index in [9.17, 15) is 13.2 Å². The first-order chi connectivity index (χ1) is 10.0. The normalized spacial score (nSPS) is 38.7. The Morgan fingerprint density at radius 2 is 1.90 bits per heavy atom.